The molecule has 0 aromatic carbocycles. The Bertz CT molecular complexity index is 161. The molecular formula is C11H24N2O. The second kappa shape index (κ2) is 5.69. The maximum Gasteiger partial charge on any atom is 0.0524 e. The van der Waals surface area contributed by atoms with Crippen molar-refractivity contribution in [1.82, 2.24) is 9.80 Å². The summed E-state index contributed by atoms with van der Waals surface area (Å²) in [4.78, 5) is 4.97. The summed E-state index contributed by atoms with van der Waals surface area (Å²) >= 11 is 0. The molecule has 1 heterocycles. The van der Waals surface area contributed by atoms with Gasteiger partial charge in [-0.2, -0.15) is 0 Å². The van der Waals surface area contributed by atoms with E-state index < -0.39 is 0 Å². The molecule has 84 valence electrons. The first-order valence-corrected chi connectivity index (χ1v) is 5.78. The Balaban J connectivity index is 2.24. The Hall–Kier alpha value is -0.120. The molecule has 0 aromatic rings. The summed E-state index contributed by atoms with van der Waals surface area (Å²) in [6.45, 7) is 12.1. The Morgan fingerprint density at radius 3 is 2.64 bits per heavy atom. The van der Waals surface area contributed by atoms with E-state index in [9.17, 15) is 5.11 Å². The molecule has 0 amide bonds. The Kier molecular flexibility index (Phi) is 4.85. The topological polar surface area (TPSA) is 26.7 Å². The first-order valence-electron chi connectivity index (χ1n) is 5.78. The highest BCUT2D eigenvalue weighted by atomic mass is 16.3. The minimum atomic E-state index is -0.158. The molecule has 3 heteroatoms. The van der Waals surface area contributed by atoms with Gasteiger partial charge in [0.15, 0.2) is 0 Å². The van der Waals surface area contributed by atoms with Crippen LogP contribution in [0.1, 0.15) is 27.2 Å². The van der Waals surface area contributed by atoms with Gasteiger partial charge in [-0.05, 0) is 26.8 Å². The van der Waals surface area contributed by atoms with Gasteiger partial charge in [0.05, 0.1) is 6.10 Å². The smallest absolute Gasteiger partial charge is 0.0524 e. The monoisotopic (exact) mass is 200 g/mol. The molecule has 14 heavy (non-hydrogen) atoms. The van der Waals surface area contributed by atoms with E-state index in [1.807, 2.05) is 6.92 Å². The van der Waals surface area contributed by atoms with Crippen molar-refractivity contribution in [3.8, 4) is 0 Å². The van der Waals surface area contributed by atoms with E-state index in [1.54, 1.807) is 0 Å². The van der Waals surface area contributed by atoms with E-state index in [2.05, 4.69) is 23.6 Å². The molecule has 0 saturated carbocycles. The van der Waals surface area contributed by atoms with Gasteiger partial charge >= 0.3 is 0 Å². The third-order valence-corrected chi connectivity index (χ3v) is 3.12. The summed E-state index contributed by atoms with van der Waals surface area (Å²) in [6.07, 6.45) is 0.744. The number of likely N-dealkylation sites (N-methyl/N-ethyl adjacent to an activating group) is 1. The lowest BCUT2D eigenvalue weighted by molar-refractivity contribution is 0.0749. The van der Waals surface area contributed by atoms with Crippen LogP contribution in [0.5, 0.6) is 0 Å². The third-order valence-electron chi connectivity index (χ3n) is 3.12. The molecule has 0 aliphatic carbocycles. The van der Waals surface area contributed by atoms with Crippen LogP contribution in [0, 0.1) is 0 Å². The van der Waals surface area contributed by atoms with Crippen LogP contribution in [0.3, 0.4) is 0 Å². The second-order valence-corrected chi connectivity index (χ2v) is 4.42. The van der Waals surface area contributed by atoms with Crippen LogP contribution in [0.15, 0.2) is 0 Å². The lowest BCUT2D eigenvalue weighted by atomic mass is 10.1. The lowest BCUT2D eigenvalue weighted by Crippen LogP contribution is -2.51. The fourth-order valence-electron chi connectivity index (χ4n) is 2.11. The molecule has 1 rings (SSSR count). The van der Waals surface area contributed by atoms with E-state index >= 15 is 0 Å². The zero-order valence-corrected chi connectivity index (χ0v) is 9.74. The molecule has 0 radical (unpaired) electrons. The fourth-order valence-corrected chi connectivity index (χ4v) is 2.11. The quantitative estimate of drug-likeness (QED) is 0.726. The van der Waals surface area contributed by atoms with E-state index in [4.69, 9.17) is 0 Å². The number of aliphatic hydroxyl groups is 1. The number of nitrogens with zero attached hydrogens (tertiary/aromatic N) is 2. The number of piperazine rings is 1. The van der Waals surface area contributed by atoms with Crippen LogP contribution < -0.4 is 0 Å². The second-order valence-electron chi connectivity index (χ2n) is 4.42. The highest BCUT2D eigenvalue weighted by Gasteiger charge is 2.21. The summed E-state index contributed by atoms with van der Waals surface area (Å²) in [5.41, 5.74) is 0. The van der Waals surface area contributed by atoms with E-state index in [1.165, 1.54) is 6.54 Å². The average Bonchev–Trinajstić information content (AvgIpc) is 2.15. The maximum absolute atomic E-state index is 9.21. The molecule has 1 aliphatic rings. The van der Waals surface area contributed by atoms with Crippen LogP contribution in [0.4, 0.5) is 0 Å². The van der Waals surface area contributed by atoms with Crippen LogP contribution in [0.25, 0.3) is 0 Å². The van der Waals surface area contributed by atoms with Crippen molar-refractivity contribution in [1.29, 1.82) is 0 Å². The minimum Gasteiger partial charge on any atom is -0.393 e. The van der Waals surface area contributed by atoms with Crippen molar-refractivity contribution >= 4 is 0 Å². The van der Waals surface area contributed by atoms with Crippen LogP contribution in [-0.2, 0) is 0 Å². The summed E-state index contributed by atoms with van der Waals surface area (Å²) in [5, 5.41) is 9.21. The van der Waals surface area contributed by atoms with Crippen molar-refractivity contribution in [2.24, 2.45) is 0 Å². The Labute approximate surface area is 87.7 Å². The summed E-state index contributed by atoms with van der Waals surface area (Å²) in [6, 6.07) is 0.669. The van der Waals surface area contributed by atoms with Gasteiger partial charge < -0.3 is 10.0 Å². The number of rotatable bonds is 4. The molecule has 3 nitrogen and oxygen atoms in total. The van der Waals surface area contributed by atoms with Gasteiger partial charge in [-0.15, -0.1) is 0 Å². The van der Waals surface area contributed by atoms with Gasteiger partial charge in [0.1, 0.15) is 0 Å². The van der Waals surface area contributed by atoms with Crippen molar-refractivity contribution in [2.75, 3.05) is 32.7 Å². The SMILES string of the molecule is CCN1CCN(CCC(C)O)CC1C. The molecule has 1 aliphatic heterocycles. The van der Waals surface area contributed by atoms with Crippen LogP contribution in [-0.4, -0.2) is 59.8 Å². The summed E-state index contributed by atoms with van der Waals surface area (Å²) in [7, 11) is 0. The lowest BCUT2D eigenvalue weighted by Gasteiger charge is -2.39. The maximum atomic E-state index is 9.21. The Morgan fingerprint density at radius 1 is 1.43 bits per heavy atom. The molecule has 0 spiro atoms. The van der Waals surface area contributed by atoms with Crippen molar-refractivity contribution < 1.29 is 5.11 Å². The van der Waals surface area contributed by atoms with Gasteiger partial charge in [-0.3, -0.25) is 4.90 Å². The Morgan fingerprint density at radius 2 is 2.14 bits per heavy atom. The molecule has 0 aromatic heterocycles. The third kappa shape index (κ3) is 3.56. The van der Waals surface area contributed by atoms with Crippen LogP contribution >= 0.6 is 0 Å². The molecule has 2 unspecified atom stereocenters. The number of hydrogen-bond donors (Lipinski definition) is 1. The zero-order chi connectivity index (χ0) is 10.6. The van der Waals surface area contributed by atoms with Crippen molar-refractivity contribution in [2.45, 2.75) is 39.3 Å². The predicted molar refractivity (Wildman–Crippen MR) is 59.4 cm³/mol. The van der Waals surface area contributed by atoms with Crippen molar-refractivity contribution in [3.05, 3.63) is 0 Å². The normalized spacial score (nSPS) is 27.9. The fraction of sp³-hybridized carbons (Fsp3) is 1.00. The standard InChI is InChI=1S/C11H24N2O/c1-4-13-8-7-12(9-10(13)2)6-5-11(3)14/h10-11,14H,4-9H2,1-3H3. The van der Waals surface area contributed by atoms with Crippen LogP contribution in [0.2, 0.25) is 0 Å². The minimum absolute atomic E-state index is 0.158. The van der Waals surface area contributed by atoms with Gasteiger partial charge in [0, 0.05) is 32.2 Å². The highest BCUT2D eigenvalue weighted by molar-refractivity contribution is 4.78. The molecular weight excluding hydrogens is 176 g/mol. The molecule has 2 atom stereocenters. The summed E-state index contributed by atoms with van der Waals surface area (Å²) in [5.74, 6) is 0. The van der Waals surface area contributed by atoms with E-state index in [-0.39, 0.29) is 6.10 Å². The highest BCUT2D eigenvalue weighted by Crippen LogP contribution is 2.09. The van der Waals surface area contributed by atoms with Gasteiger partial charge in [-0.25, -0.2) is 0 Å². The number of aliphatic hydroxyl groups excluding tert-OH is 1. The van der Waals surface area contributed by atoms with Gasteiger partial charge in [-0.1, -0.05) is 6.92 Å². The number of hydrogen-bond acceptors (Lipinski definition) is 3. The molecule has 1 saturated heterocycles. The zero-order valence-electron chi connectivity index (χ0n) is 9.74. The molecule has 0 bridgehead atoms. The van der Waals surface area contributed by atoms with Gasteiger partial charge in [0.25, 0.3) is 0 Å². The van der Waals surface area contributed by atoms with E-state index in [0.29, 0.717) is 6.04 Å². The molecule has 1 N–H and O–H groups in total. The first-order chi connectivity index (χ1) is 6.63. The average molecular weight is 200 g/mol. The molecule has 1 fully saturated rings. The largest absolute Gasteiger partial charge is 0.393 e. The van der Waals surface area contributed by atoms with Gasteiger partial charge in [0.2, 0.25) is 0 Å². The first kappa shape index (κ1) is 12.0. The predicted octanol–water partition coefficient (Wildman–Crippen LogP) is 0.783. The summed E-state index contributed by atoms with van der Waals surface area (Å²) < 4.78 is 0. The van der Waals surface area contributed by atoms with Crippen molar-refractivity contribution in [3.63, 3.8) is 0 Å². The van der Waals surface area contributed by atoms with E-state index in [0.717, 1.165) is 32.6 Å².